The van der Waals surface area contributed by atoms with Gasteiger partial charge in [-0.25, -0.2) is 9.18 Å². The predicted octanol–water partition coefficient (Wildman–Crippen LogP) is 3.07. The van der Waals surface area contributed by atoms with Gasteiger partial charge in [0.1, 0.15) is 34.6 Å². The third kappa shape index (κ3) is 6.71. The van der Waals surface area contributed by atoms with Gasteiger partial charge in [0, 0.05) is 43.8 Å². The summed E-state index contributed by atoms with van der Waals surface area (Å²) in [5.74, 6) is -1.75. The zero-order chi connectivity index (χ0) is 32.4. The Bertz CT molecular complexity index is 1830. The molecule has 2 aliphatic rings. The number of hydrogen-bond acceptors (Lipinski definition) is 4. The molecule has 1 saturated heterocycles. The quantitative estimate of drug-likeness (QED) is 0.168. The molecule has 1 aromatic heterocycles. The molecule has 6 nitrogen and oxygen atoms in total. The van der Waals surface area contributed by atoms with Crippen LogP contribution in [0, 0.1) is 5.82 Å². The molecule has 0 amide bonds. The van der Waals surface area contributed by atoms with Crippen molar-refractivity contribution in [2.45, 2.75) is 31.7 Å². The van der Waals surface area contributed by atoms with Crippen LogP contribution in [0.1, 0.15) is 42.1 Å². The number of benzene rings is 4. The van der Waals surface area contributed by atoms with Gasteiger partial charge in [-0.05, 0) is 80.8 Å². The summed E-state index contributed by atoms with van der Waals surface area (Å²) in [6, 6.07) is 36.2. The summed E-state index contributed by atoms with van der Waals surface area (Å²) >= 11 is 0. The van der Waals surface area contributed by atoms with Crippen LogP contribution >= 0.6 is 7.26 Å². The van der Waals surface area contributed by atoms with Gasteiger partial charge < -0.3 is 31.6 Å². The number of pyridine rings is 1. The normalized spacial score (nSPS) is 15.3. The Kier molecular flexibility index (Phi) is 10.4. The minimum atomic E-state index is -1.84. The number of piperazine rings is 1. The van der Waals surface area contributed by atoms with Crippen LogP contribution in [0.4, 0.5) is 10.1 Å². The topological polar surface area (TPSA) is 65.8 Å². The Morgan fingerprint density at radius 1 is 0.792 bits per heavy atom. The van der Waals surface area contributed by atoms with E-state index >= 15 is 4.39 Å². The first-order chi connectivity index (χ1) is 23.0. The summed E-state index contributed by atoms with van der Waals surface area (Å²) in [6.45, 7) is 4.05. The van der Waals surface area contributed by atoms with Gasteiger partial charge >= 0.3 is 5.97 Å². The number of carboxylic acids is 1. The zero-order valence-electron chi connectivity index (χ0n) is 26.8. The van der Waals surface area contributed by atoms with Crippen LogP contribution in [0.5, 0.6) is 0 Å². The van der Waals surface area contributed by atoms with Crippen molar-refractivity contribution in [3.63, 3.8) is 0 Å². The molecule has 1 N–H and O–H groups in total. The number of aromatic nitrogens is 1. The molecule has 9 heteroatoms. The molecule has 5 aromatic rings. The van der Waals surface area contributed by atoms with Crippen molar-refractivity contribution in [1.29, 1.82) is 0 Å². The van der Waals surface area contributed by atoms with E-state index in [1.807, 2.05) is 4.57 Å². The van der Waals surface area contributed by atoms with Crippen LogP contribution in [-0.2, 0) is 0 Å². The van der Waals surface area contributed by atoms with E-state index in [-0.39, 0.29) is 34.0 Å². The zero-order valence-corrected chi connectivity index (χ0v) is 29.3. The Hall–Kier alpha value is -3.84. The third-order valence-electron chi connectivity index (χ3n) is 9.79. The van der Waals surface area contributed by atoms with Crippen molar-refractivity contribution in [3.8, 4) is 0 Å². The van der Waals surface area contributed by atoms with Gasteiger partial charge in [0.2, 0.25) is 5.43 Å². The highest BCUT2D eigenvalue weighted by Crippen LogP contribution is 2.56. The number of aromatic carboxylic acids is 1. The smallest absolute Gasteiger partial charge is 0.341 e. The van der Waals surface area contributed by atoms with Gasteiger partial charge in [0.25, 0.3) is 0 Å². The molecule has 48 heavy (non-hydrogen) atoms. The second-order valence-electron chi connectivity index (χ2n) is 12.7. The van der Waals surface area contributed by atoms with Gasteiger partial charge in [0.05, 0.1) is 17.4 Å². The Labute approximate surface area is 291 Å². The first-order valence-corrected chi connectivity index (χ1v) is 18.6. The maximum Gasteiger partial charge on any atom is 0.341 e. The lowest BCUT2D eigenvalue weighted by Gasteiger charge is -2.36. The number of anilines is 1. The standard InChI is InChI=1S/C39H39FN3O3P.BrH/c40-35-26-33-36(43(29-18-19-29)28-34(38(33)44)39(45)46)27-37(35)42-23-21-41(22-24-42)20-10-11-25-47(30-12-4-1-5-13-30,31-14-6-2-7-15-31)32-16-8-3-9-17-32;/h1-9,12-17,26-29H,10-11,18-25H2;1H. The molecule has 1 aliphatic carbocycles. The van der Waals surface area contributed by atoms with Gasteiger partial charge in [-0.3, -0.25) is 9.69 Å². The maximum atomic E-state index is 15.5. The van der Waals surface area contributed by atoms with E-state index < -0.39 is 24.5 Å². The molecule has 1 saturated carbocycles. The fourth-order valence-electron chi connectivity index (χ4n) is 7.19. The SMILES string of the molecule is O=C(O)c1cn(C2CC2)c2cc(N3CCN(CCCC[P+](c4ccccc4)(c4ccccc4)c4ccccc4)CC3)c(F)cc2c1=O.[Br-]. The van der Waals surface area contributed by atoms with Crippen molar-refractivity contribution in [1.82, 2.24) is 9.47 Å². The molecule has 248 valence electrons. The van der Waals surface area contributed by atoms with E-state index in [1.165, 1.54) is 28.2 Å². The van der Waals surface area contributed by atoms with Crippen molar-refractivity contribution in [3.05, 3.63) is 131 Å². The molecule has 4 aromatic carbocycles. The van der Waals surface area contributed by atoms with E-state index in [9.17, 15) is 14.7 Å². The average molecular weight is 729 g/mol. The molecule has 0 bridgehead atoms. The number of rotatable bonds is 11. The van der Waals surface area contributed by atoms with Gasteiger partial charge in [-0.1, -0.05) is 54.6 Å². The van der Waals surface area contributed by atoms with Crippen LogP contribution in [0.2, 0.25) is 0 Å². The van der Waals surface area contributed by atoms with E-state index in [4.69, 9.17) is 0 Å². The van der Waals surface area contributed by atoms with Crippen molar-refractivity contribution in [2.75, 3.05) is 43.8 Å². The largest absolute Gasteiger partial charge is 1.00 e. The minimum Gasteiger partial charge on any atom is -1.00 e. The number of nitrogens with zero attached hydrogens (tertiary/aromatic N) is 3. The Morgan fingerprint density at radius 3 is 1.83 bits per heavy atom. The summed E-state index contributed by atoms with van der Waals surface area (Å²) in [5, 5.41) is 13.9. The molecule has 7 rings (SSSR count). The lowest BCUT2D eigenvalue weighted by atomic mass is 10.1. The number of carboxylic acid groups (broad SMARTS) is 1. The van der Waals surface area contributed by atoms with Crippen molar-refractivity contribution in [2.24, 2.45) is 0 Å². The molecule has 2 heterocycles. The van der Waals surface area contributed by atoms with Gasteiger partial charge in [0.15, 0.2) is 0 Å². The van der Waals surface area contributed by atoms with E-state index in [0.29, 0.717) is 24.3 Å². The molecule has 0 unspecified atom stereocenters. The summed E-state index contributed by atoms with van der Waals surface area (Å²) in [7, 11) is -1.84. The van der Waals surface area contributed by atoms with Crippen LogP contribution in [-0.4, -0.2) is 59.4 Å². The Balaban J connectivity index is 0.00000401. The minimum absolute atomic E-state index is 0. The highest BCUT2D eigenvalue weighted by Gasteiger charge is 2.44. The second kappa shape index (κ2) is 14.7. The number of fused-ring (bicyclic) bond motifs is 1. The van der Waals surface area contributed by atoms with Gasteiger partial charge in [-0.2, -0.15) is 0 Å². The van der Waals surface area contributed by atoms with Crippen LogP contribution in [0.3, 0.4) is 0 Å². The predicted molar refractivity (Wildman–Crippen MR) is 191 cm³/mol. The lowest BCUT2D eigenvalue weighted by molar-refractivity contribution is -0.0000253. The van der Waals surface area contributed by atoms with Crippen LogP contribution in [0.15, 0.2) is 114 Å². The van der Waals surface area contributed by atoms with E-state index in [2.05, 4.69) is 101 Å². The molecule has 2 fully saturated rings. The van der Waals surface area contributed by atoms with E-state index in [1.54, 1.807) is 6.07 Å². The Morgan fingerprint density at radius 2 is 1.33 bits per heavy atom. The maximum absolute atomic E-state index is 15.5. The first-order valence-electron chi connectivity index (χ1n) is 16.6. The molecular formula is C39H40BrFN3O3P. The number of hydrogen-bond donors (Lipinski definition) is 1. The summed E-state index contributed by atoms with van der Waals surface area (Å²) in [4.78, 5) is 29.1. The van der Waals surface area contributed by atoms with Crippen molar-refractivity contribution < 1.29 is 31.3 Å². The van der Waals surface area contributed by atoms with Crippen LogP contribution < -0.4 is 43.2 Å². The number of unbranched alkanes of at least 4 members (excludes halogenated alkanes) is 1. The highest BCUT2D eigenvalue weighted by atomic mass is 79.9. The molecular weight excluding hydrogens is 688 g/mol. The molecule has 1 aliphatic heterocycles. The molecule has 0 atom stereocenters. The summed E-state index contributed by atoms with van der Waals surface area (Å²) < 4.78 is 17.4. The van der Waals surface area contributed by atoms with Gasteiger partial charge in [-0.15, -0.1) is 0 Å². The number of halogens is 2. The summed E-state index contributed by atoms with van der Waals surface area (Å²) in [5.41, 5.74) is 0.166. The van der Waals surface area contributed by atoms with Crippen molar-refractivity contribution >= 4 is 45.7 Å². The fourth-order valence-corrected chi connectivity index (χ4v) is 11.6. The number of carbonyl (C=O) groups is 1. The fraction of sp³-hybridized carbons (Fsp3) is 0.282. The van der Waals surface area contributed by atoms with Crippen LogP contribution in [0.25, 0.3) is 10.9 Å². The highest BCUT2D eigenvalue weighted by molar-refractivity contribution is 7.95. The monoisotopic (exact) mass is 727 g/mol. The third-order valence-corrected chi connectivity index (χ3v) is 14.3. The lowest BCUT2D eigenvalue weighted by Crippen LogP contribution is -3.00. The molecule has 0 spiro atoms. The van der Waals surface area contributed by atoms with E-state index in [0.717, 1.165) is 51.5 Å². The summed E-state index contributed by atoms with van der Waals surface area (Å²) in [6.07, 6.45) is 6.57. The average Bonchev–Trinajstić information content (AvgIpc) is 3.96. The molecule has 0 radical (unpaired) electrons. The second-order valence-corrected chi connectivity index (χ2v) is 16.3. The first kappa shape index (κ1) is 34.0.